The largest absolute Gasteiger partial charge is 0.493 e. The fourth-order valence-corrected chi connectivity index (χ4v) is 2.88. The topological polar surface area (TPSA) is 115 Å². The zero-order valence-corrected chi connectivity index (χ0v) is 19.8. The number of ether oxygens (including phenoxy) is 3. The lowest BCUT2D eigenvalue weighted by atomic mass is 10.2. The maximum absolute atomic E-state index is 12.5. The lowest BCUT2D eigenvalue weighted by Gasteiger charge is -2.13. The number of thiocarbonyl (C=S) groups is 1. The number of hydrogen-bond donors (Lipinski definition) is 3. The van der Waals surface area contributed by atoms with E-state index in [1.165, 1.54) is 12.1 Å². The summed E-state index contributed by atoms with van der Waals surface area (Å²) in [7, 11) is 0. The highest BCUT2D eigenvalue weighted by Crippen LogP contribution is 2.23. The second-order valence-corrected chi connectivity index (χ2v) is 7.39. The molecule has 2 rings (SSSR count). The number of amides is 2. The Morgan fingerprint density at radius 3 is 2.34 bits per heavy atom. The molecule has 0 aliphatic carbocycles. The van der Waals surface area contributed by atoms with Gasteiger partial charge in [0.05, 0.1) is 24.3 Å². The van der Waals surface area contributed by atoms with Crippen molar-refractivity contribution >= 4 is 51.0 Å². The molecule has 9 nitrogen and oxygen atoms in total. The molecule has 2 aromatic carbocycles. The van der Waals surface area contributed by atoms with Gasteiger partial charge in [0, 0.05) is 4.47 Å². The van der Waals surface area contributed by atoms with Gasteiger partial charge >= 0.3 is 5.97 Å². The van der Waals surface area contributed by atoms with Crippen molar-refractivity contribution in [1.29, 1.82) is 0 Å². The van der Waals surface area contributed by atoms with E-state index >= 15 is 0 Å². The van der Waals surface area contributed by atoms with Crippen molar-refractivity contribution in [2.24, 2.45) is 0 Å². The monoisotopic (exact) mass is 523 g/mol. The first-order chi connectivity index (χ1) is 15.3. The van der Waals surface area contributed by atoms with Crippen molar-refractivity contribution in [3.05, 3.63) is 58.1 Å². The van der Waals surface area contributed by atoms with Crippen LogP contribution in [0.15, 0.2) is 46.9 Å². The van der Waals surface area contributed by atoms with Gasteiger partial charge in [0.2, 0.25) is 0 Å². The van der Waals surface area contributed by atoms with Gasteiger partial charge in [0.15, 0.2) is 11.7 Å². The molecule has 0 atom stereocenters. The third kappa shape index (κ3) is 7.82. The standard InChI is InChI=1S/C21H22BrN3O6S/c1-3-29-17-10-7-14(22)11-16(17)19(27)23-21(32)25-24-18(26)12-31-15-8-5-13(6-9-15)20(28)30-4-2/h5-11H,3-4,12H2,1-2H3,(H,24,26)(H2,23,25,27,32). The molecule has 32 heavy (non-hydrogen) atoms. The number of esters is 1. The Kier molecular flexibility index (Phi) is 9.89. The summed E-state index contributed by atoms with van der Waals surface area (Å²) in [5.74, 6) is -0.676. The molecule has 0 bridgehead atoms. The van der Waals surface area contributed by atoms with E-state index in [-0.39, 0.29) is 23.9 Å². The summed E-state index contributed by atoms with van der Waals surface area (Å²) in [6.07, 6.45) is 0. The van der Waals surface area contributed by atoms with E-state index in [1.54, 1.807) is 37.3 Å². The molecule has 0 heterocycles. The van der Waals surface area contributed by atoms with Crippen LogP contribution in [-0.2, 0) is 9.53 Å². The number of nitrogens with one attached hydrogen (secondary N) is 3. The smallest absolute Gasteiger partial charge is 0.338 e. The summed E-state index contributed by atoms with van der Waals surface area (Å²) in [6, 6.07) is 11.2. The molecule has 170 valence electrons. The van der Waals surface area contributed by atoms with Gasteiger partial charge in [0.1, 0.15) is 11.5 Å². The lowest BCUT2D eigenvalue weighted by Crippen LogP contribution is -2.49. The summed E-state index contributed by atoms with van der Waals surface area (Å²) in [5.41, 5.74) is 5.41. The number of hydrazine groups is 1. The molecule has 0 fully saturated rings. The minimum atomic E-state index is -0.534. The highest BCUT2D eigenvalue weighted by molar-refractivity contribution is 9.10. The molecule has 0 aromatic heterocycles. The van der Waals surface area contributed by atoms with Crippen molar-refractivity contribution in [1.82, 2.24) is 16.2 Å². The SMILES string of the molecule is CCOC(=O)c1ccc(OCC(=O)NNC(=S)NC(=O)c2cc(Br)ccc2OCC)cc1. The van der Waals surface area contributed by atoms with Crippen LogP contribution in [-0.4, -0.2) is 42.7 Å². The molecule has 0 saturated carbocycles. The number of rotatable bonds is 8. The van der Waals surface area contributed by atoms with E-state index in [1.807, 2.05) is 6.92 Å². The Morgan fingerprint density at radius 1 is 0.969 bits per heavy atom. The maximum Gasteiger partial charge on any atom is 0.338 e. The molecule has 11 heteroatoms. The zero-order valence-electron chi connectivity index (χ0n) is 17.4. The Balaban J connectivity index is 1.79. The predicted octanol–water partition coefficient (Wildman–Crippen LogP) is 2.74. The van der Waals surface area contributed by atoms with E-state index in [4.69, 9.17) is 26.4 Å². The average Bonchev–Trinajstić information content (AvgIpc) is 2.78. The first-order valence-electron chi connectivity index (χ1n) is 9.56. The van der Waals surface area contributed by atoms with Crippen LogP contribution in [0.4, 0.5) is 0 Å². The zero-order chi connectivity index (χ0) is 23.5. The highest BCUT2D eigenvalue weighted by Gasteiger charge is 2.15. The molecule has 2 amide bonds. The Labute approximate surface area is 198 Å². The van der Waals surface area contributed by atoms with Crippen molar-refractivity contribution < 1.29 is 28.6 Å². The maximum atomic E-state index is 12.5. The van der Waals surface area contributed by atoms with Crippen LogP contribution in [0.25, 0.3) is 0 Å². The Morgan fingerprint density at radius 2 is 1.69 bits per heavy atom. The molecular formula is C21H22BrN3O6S. The molecule has 0 radical (unpaired) electrons. The fourth-order valence-electron chi connectivity index (χ4n) is 2.38. The van der Waals surface area contributed by atoms with Crippen molar-refractivity contribution in [2.75, 3.05) is 19.8 Å². The van der Waals surface area contributed by atoms with Crippen molar-refractivity contribution in [2.45, 2.75) is 13.8 Å². The Bertz CT molecular complexity index is 984. The normalized spacial score (nSPS) is 9.97. The van der Waals surface area contributed by atoms with E-state index in [0.29, 0.717) is 28.1 Å². The predicted molar refractivity (Wildman–Crippen MR) is 125 cm³/mol. The minimum absolute atomic E-state index is 0.107. The van der Waals surface area contributed by atoms with Gasteiger partial charge in [-0.05, 0) is 68.5 Å². The third-order valence-electron chi connectivity index (χ3n) is 3.76. The van der Waals surface area contributed by atoms with Crippen LogP contribution < -0.4 is 25.6 Å². The van der Waals surface area contributed by atoms with E-state index < -0.39 is 17.8 Å². The van der Waals surface area contributed by atoms with Crippen LogP contribution in [0.1, 0.15) is 34.6 Å². The van der Waals surface area contributed by atoms with Crippen LogP contribution in [0.2, 0.25) is 0 Å². The fraction of sp³-hybridized carbons (Fsp3) is 0.238. The molecule has 0 aliphatic rings. The number of hydrogen-bond acceptors (Lipinski definition) is 7. The summed E-state index contributed by atoms with van der Waals surface area (Å²) in [4.78, 5) is 36.0. The van der Waals surface area contributed by atoms with Gasteiger partial charge in [-0.3, -0.25) is 25.8 Å². The molecule has 2 aromatic rings. The third-order valence-corrected chi connectivity index (χ3v) is 4.46. The van der Waals surface area contributed by atoms with Crippen LogP contribution in [0.5, 0.6) is 11.5 Å². The second-order valence-electron chi connectivity index (χ2n) is 6.06. The molecule has 3 N–H and O–H groups in total. The van der Waals surface area contributed by atoms with Crippen LogP contribution >= 0.6 is 28.1 Å². The summed E-state index contributed by atoms with van der Waals surface area (Å²) >= 11 is 8.34. The molecule has 0 spiro atoms. The number of carbonyl (C=O) groups excluding carboxylic acids is 3. The number of halogens is 1. The molecule has 0 unspecified atom stereocenters. The van der Waals surface area contributed by atoms with Gasteiger partial charge < -0.3 is 14.2 Å². The average molecular weight is 524 g/mol. The van der Waals surface area contributed by atoms with E-state index in [9.17, 15) is 14.4 Å². The van der Waals surface area contributed by atoms with Crippen molar-refractivity contribution in [3.63, 3.8) is 0 Å². The molecule has 0 saturated heterocycles. The van der Waals surface area contributed by atoms with Gasteiger partial charge in [-0.1, -0.05) is 15.9 Å². The first kappa shape index (κ1) is 25.1. The van der Waals surface area contributed by atoms with Crippen LogP contribution in [0, 0.1) is 0 Å². The second kappa shape index (κ2) is 12.6. The van der Waals surface area contributed by atoms with Crippen LogP contribution in [0.3, 0.4) is 0 Å². The minimum Gasteiger partial charge on any atom is -0.493 e. The van der Waals surface area contributed by atoms with E-state index in [2.05, 4.69) is 32.1 Å². The Hall–Kier alpha value is -3.18. The van der Waals surface area contributed by atoms with E-state index in [0.717, 1.165) is 0 Å². The summed E-state index contributed by atoms with van der Waals surface area (Å²) in [6.45, 7) is 3.89. The van der Waals surface area contributed by atoms with Crippen molar-refractivity contribution in [3.8, 4) is 11.5 Å². The van der Waals surface area contributed by atoms with Gasteiger partial charge in [-0.15, -0.1) is 0 Å². The number of carbonyl (C=O) groups is 3. The lowest BCUT2D eigenvalue weighted by molar-refractivity contribution is -0.123. The molecular weight excluding hydrogens is 502 g/mol. The summed E-state index contributed by atoms with van der Waals surface area (Å²) in [5, 5.41) is 2.35. The first-order valence-corrected chi connectivity index (χ1v) is 10.8. The van der Waals surface area contributed by atoms with Gasteiger partial charge in [0.25, 0.3) is 11.8 Å². The quantitative estimate of drug-likeness (QED) is 0.275. The highest BCUT2D eigenvalue weighted by atomic mass is 79.9. The van der Waals surface area contributed by atoms with Gasteiger partial charge in [-0.2, -0.15) is 0 Å². The number of benzene rings is 2. The summed E-state index contributed by atoms with van der Waals surface area (Å²) < 4.78 is 16.4. The molecule has 0 aliphatic heterocycles. The van der Waals surface area contributed by atoms with Gasteiger partial charge in [-0.25, -0.2) is 4.79 Å².